The second-order valence-corrected chi connectivity index (χ2v) is 5.74. The zero-order valence-electron chi connectivity index (χ0n) is 12.3. The third kappa shape index (κ3) is 3.93. The van der Waals surface area contributed by atoms with E-state index in [9.17, 15) is 9.90 Å². The lowest BCUT2D eigenvalue weighted by molar-refractivity contribution is 0.0700. The molecule has 1 aromatic rings. The van der Waals surface area contributed by atoms with Crippen LogP contribution < -0.4 is 4.90 Å². The Kier molecular flexibility index (Phi) is 6.28. The molecule has 19 heavy (non-hydrogen) atoms. The maximum atomic E-state index is 11.3. The van der Waals surface area contributed by atoms with E-state index in [1.54, 1.807) is 0 Å². The number of aromatic carboxylic acids is 1. The molecule has 1 aromatic heterocycles. The van der Waals surface area contributed by atoms with Crippen LogP contribution in [0, 0.1) is 0 Å². The van der Waals surface area contributed by atoms with Crippen molar-refractivity contribution in [1.29, 1.82) is 0 Å². The molecule has 0 aliphatic rings. The molecule has 0 aliphatic carbocycles. The Balaban J connectivity index is 3.04. The molecule has 0 fully saturated rings. The summed E-state index contributed by atoms with van der Waals surface area (Å²) in [6, 6.07) is 0. The third-order valence-corrected chi connectivity index (χ3v) is 4.47. The highest BCUT2D eigenvalue weighted by molar-refractivity contribution is 7.17. The number of carbonyl (C=O) groups is 1. The third-order valence-electron chi connectivity index (χ3n) is 3.35. The molecular weight excluding hydrogens is 260 g/mol. The first-order chi connectivity index (χ1) is 9.04. The Morgan fingerprint density at radius 3 is 2.58 bits per heavy atom. The number of rotatable bonds is 8. The van der Waals surface area contributed by atoms with Crippen LogP contribution in [0.3, 0.4) is 0 Å². The molecule has 0 spiro atoms. The predicted octanol–water partition coefficient (Wildman–Crippen LogP) is 3.98. The van der Waals surface area contributed by atoms with Crippen LogP contribution in [0.1, 0.15) is 68.2 Å². The van der Waals surface area contributed by atoms with Crippen molar-refractivity contribution in [2.24, 2.45) is 0 Å². The molecule has 1 atom stereocenters. The molecule has 0 saturated heterocycles. The van der Waals surface area contributed by atoms with Gasteiger partial charge >= 0.3 is 5.97 Å². The molecule has 1 rings (SSSR count). The van der Waals surface area contributed by atoms with Crippen molar-refractivity contribution in [3.63, 3.8) is 0 Å². The minimum Gasteiger partial charge on any atom is -0.477 e. The fraction of sp³-hybridized carbons (Fsp3) is 0.714. The fourth-order valence-electron chi connectivity index (χ4n) is 1.87. The van der Waals surface area contributed by atoms with E-state index in [0.717, 1.165) is 43.2 Å². The Morgan fingerprint density at radius 2 is 2.11 bits per heavy atom. The number of hydrogen-bond donors (Lipinski definition) is 1. The highest BCUT2D eigenvalue weighted by Gasteiger charge is 2.22. The largest absolute Gasteiger partial charge is 0.477 e. The van der Waals surface area contributed by atoms with Gasteiger partial charge in [-0.25, -0.2) is 9.78 Å². The molecule has 108 valence electrons. The number of carboxylic acid groups (broad SMARTS) is 1. The van der Waals surface area contributed by atoms with E-state index >= 15 is 0 Å². The maximum absolute atomic E-state index is 11.3. The Morgan fingerprint density at radius 1 is 1.42 bits per heavy atom. The number of aromatic nitrogens is 1. The minimum atomic E-state index is -0.856. The van der Waals surface area contributed by atoms with Crippen LogP contribution in [-0.4, -0.2) is 29.1 Å². The summed E-state index contributed by atoms with van der Waals surface area (Å²) < 4.78 is 0. The van der Waals surface area contributed by atoms with Crippen LogP contribution in [0.25, 0.3) is 0 Å². The molecule has 0 aliphatic heterocycles. The molecule has 4 nitrogen and oxygen atoms in total. The van der Waals surface area contributed by atoms with Crippen LogP contribution in [0.2, 0.25) is 0 Å². The number of unbranched alkanes of at least 4 members (excludes halogenated alkanes) is 1. The molecule has 0 bridgehead atoms. The Hall–Kier alpha value is -1.10. The van der Waals surface area contributed by atoms with Gasteiger partial charge in [-0.15, -0.1) is 0 Å². The van der Waals surface area contributed by atoms with E-state index < -0.39 is 5.97 Å². The van der Waals surface area contributed by atoms with E-state index in [2.05, 4.69) is 30.7 Å². The van der Waals surface area contributed by atoms with Crippen LogP contribution >= 0.6 is 11.3 Å². The van der Waals surface area contributed by atoms with Crippen LogP contribution in [0.5, 0.6) is 0 Å². The van der Waals surface area contributed by atoms with E-state index in [4.69, 9.17) is 0 Å². The molecule has 1 heterocycles. The van der Waals surface area contributed by atoms with E-state index in [1.165, 1.54) is 11.3 Å². The van der Waals surface area contributed by atoms with Crippen LogP contribution in [-0.2, 0) is 0 Å². The molecule has 0 amide bonds. The van der Waals surface area contributed by atoms with Gasteiger partial charge in [0.05, 0.1) is 5.69 Å². The zero-order valence-corrected chi connectivity index (χ0v) is 13.1. The second-order valence-electron chi connectivity index (χ2n) is 4.76. The van der Waals surface area contributed by atoms with Crippen LogP contribution in [0.15, 0.2) is 0 Å². The Bertz CT molecular complexity index is 418. The van der Waals surface area contributed by atoms with E-state index in [0.29, 0.717) is 4.88 Å². The monoisotopic (exact) mass is 284 g/mol. The number of anilines is 1. The predicted molar refractivity (Wildman–Crippen MR) is 80.6 cm³/mol. The maximum Gasteiger partial charge on any atom is 0.347 e. The lowest BCUT2D eigenvalue weighted by Gasteiger charge is -2.19. The van der Waals surface area contributed by atoms with Gasteiger partial charge in [-0.05, 0) is 25.7 Å². The summed E-state index contributed by atoms with van der Waals surface area (Å²) in [5.74, 6) is -0.661. The topological polar surface area (TPSA) is 53.4 Å². The standard InChI is InChI=1S/C14H24N2O2S/c1-5-8-9-16(7-3)14-15-11(10(4)6-2)12(19-14)13(17)18/h10H,5-9H2,1-4H3,(H,17,18). The molecule has 1 unspecified atom stereocenters. The van der Waals surface area contributed by atoms with Gasteiger partial charge in [-0.2, -0.15) is 0 Å². The molecule has 1 N–H and O–H groups in total. The van der Waals surface area contributed by atoms with Gasteiger partial charge in [0.25, 0.3) is 0 Å². The highest BCUT2D eigenvalue weighted by Crippen LogP contribution is 2.32. The minimum absolute atomic E-state index is 0.195. The number of thiazole rings is 1. The van der Waals surface area contributed by atoms with Crippen molar-refractivity contribution in [3.8, 4) is 0 Å². The van der Waals surface area contributed by atoms with Gasteiger partial charge < -0.3 is 10.0 Å². The van der Waals surface area contributed by atoms with Gasteiger partial charge in [0, 0.05) is 13.1 Å². The number of hydrogen-bond acceptors (Lipinski definition) is 4. The molecular formula is C14H24N2O2S. The molecule has 0 saturated carbocycles. The van der Waals surface area contributed by atoms with Crippen molar-refractivity contribution in [3.05, 3.63) is 10.6 Å². The summed E-state index contributed by atoms with van der Waals surface area (Å²) in [6.45, 7) is 10.1. The van der Waals surface area contributed by atoms with E-state index in [1.807, 2.05) is 6.92 Å². The quantitative estimate of drug-likeness (QED) is 0.784. The summed E-state index contributed by atoms with van der Waals surface area (Å²) >= 11 is 1.31. The van der Waals surface area contributed by atoms with Gasteiger partial charge in [0.2, 0.25) is 0 Å². The van der Waals surface area contributed by atoms with Gasteiger partial charge in [-0.1, -0.05) is 38.5 Å². The SMILES string of the molecule is CCCCN(CC)c1nc(C(C)CC)c(C(=O)O)s1. The van der Waals surface area contributed by atoms with Crippen molar-refractivity contribution in [2.75, 3.05) is 18.0 Å². The van der Waals surface area contributed by atoms with Crippen molar-refractivity contribution >= 4 is 22.4 Å². The van der Waals surface area contributed by atoms with Crippen molar-refractivity contribution in [2.45, 2.75) is 52.9 Å². The van der Waals surface area contributed by atoms with Gasteiger partial charge in [0.1, 0.15) is 4.88 Å². The summed E-state index contributed by atoms with van der Waals surface area (Å²) in [5, 5.41) is 10.2. The summed E-state index contributed by atoms with van der Waals surface area (Å²) in [7, 11) is 0. The average molecular weight is 284 g/mol. The first kappa shape index (κ1) is 16.0. The molecule has 5 heteroatoms. The number of carboxylic acids is 1. The molecule has 0 aromatic carbocycles. The lowest BCUT2D eigenvalue weighted by atomic mass is 10.0. The summed E-state index contributed by atoms with van der Waals surface area (Å²) in [5.41, 5.74) is 0.741. The zero-order chi connectivity index (χ0) is 14.4. The van der Waals surface area contributed by atoms with Crippen LogP contribution in [0.4, 0.5) is 5.13 Å². The second kappa shape index (κ2) is 7.48. The van der Waals surface area contributed by atoms with Gasteiger partial charge in [-0.3, -0.25) is 0 Å². The normalized spacial score (nSPS) is 12.4. The Labute approximate surface area is 119 Å². The van der Waals surface area contributed by atoms with Crippen molar-refractivity contribution in [1.82, 2.24) is 4.98 Å². The first-order valence-corrected chi connectivity index (χ1v) is 7.85. The van der Waals surface area contributed by atoms with Gasteiger partial charge in [0.15, 0.2) is 5.13 Å². The molecule has 0 radical (unpaired) electrons. The first-order valence-electron chi connectivity index (χ1n) is 7.03. The highest BCUT2D eigenvalue weighted by atomic mass is 32.1. The lowest BCUT2D eigenvalue weighted by Crippen LogP contribution is -2.23. The van der Waals surface area contributed by atoms with E-state index in [-0.39, 0.29) is 5.92 Å². The van der Waals surface area contributed by atoms with Crippen molar-refractivity contribution < 1.29 is 9.90 Å². The average Bonchev–Trinajstić information content (AvgIpc) is 2.84. The number of nitrogens with zero attached hydrogens (tertiary/aromatic N) is 2. The fourth-order valence-corrected chi connectivity index (χ4v) is 2.99. The summed E-state index contributed by atoms with van der Waals surface area (Å²) in [6.07, 6.45) is 3.14. The summed E-state index contributed by atoms with van der Waals surface area (Å²) in [4.78, 5) is 18.5. The smallest absolute Gasteiger partial charge is 0.347 e.